The maximum Gasteiger partial charge on any atom is 0.252 e. The summed E-state index contributed by atoms with van der Waals surface area (Å²) in [7, 11) is 0. The maximum atomic E-state index is 11.1. The number of nitrogens with zero attached hydrogens (tertiary/aromatic N) is 6. The lowest BCUT2D eigenvalue weighted by molar-refractivity contribution is 0.457. The van der Waals surface area contributed by atoms with Crippen LogP contribution in [0.3, 0.4) is 0 Å². The maximum absolute atomic E-state index is 11.1. The molecule has 7 aromatic carbocycles. The predicted molar refractivity (Wildman–Crippen MR) is 248 cm³/mol. The number of benzene rings is 7. The van der Waals surface area contributed by atoms with Crippen LogP contribution >= 0.6 is 0 Å². The molecule has 0 saturated carbocycles. The van der Waals surface area contributed by atoms with E-state index >= 15 is 0 Å². The van der Waals surface area contributed by atoms with Crippen molar-refractivity contribution in [1.82, 2.24) is 29.9 Å². The highest BCUT2D eigenvalue weighted by molar-refractivity contribution is 5.85. The molecule has 0 fully saturated rings. The summed E-state index contributed by atoms with van der Waals surface area (Å²) in [5, 5.41) is 49.9. The molecule has 10 rings (SSSR count). The Morgan fingerprint density at radius 3 is 1.63 bits per heavy atom. The van der Waals surface area contributed by atoms with Crippen molar-refractivity contribution in [3.63, 3.8) is 0 Å². The first-order valence-corrected chi connectivity index (χ1v) is 20.8. The van der Waals surface area contributed by atoms with Gasteiger partial charge in [0.05, 0.1) is 28.1 Å². The van der Waals surface area contributed by atoms with E-state index in [-0.39, 0.29) is 57.4 Å². The average molecular weight is 857 g/mol. The fourth-order valence-corrected chi connectivity index (χ4v) is 7.60. The van der Waals surface area contributed by atoms with Crippen LogP contribution in [-0.4, -0.2) is 45.3 Å². The fraction of sp³-hybridized carbons (Fsp3) is 0.0755. The lowest BCUT2D eigenvalue weighted by Crippen LogP contribution is -2.10. The van der Waals surface area contributed by atoms with E-state index in [2.05, 4.69) is 57.9 Å². The second kappa shape index (κ2) is 16.5. The second-order valence-electron chi connectivity index (χ2n) is 16.4. The molecule has 12 nitrogen and oxygen atoms in total. The van der Waals surface area contributed by atoms with Crippen LogP contribution in [0.4, 0.5) is 0 Å². The van der Waals surface area contributed by atoms with Crippen LogP contribution in [0.25, 0.3) is 85.4 Å². The van der Waals surface area contributed by atoms with Gasteiger partial charge < -0.3 is 28.9 Å². The average Bonchev–Trinajstić information content (AvgIpc) is 4.11. The highest BCUT2D eigenvalue weighted by Crippen LogP contribution is 2.43. The Hall–Kier alpha value is -8.77. The molecule has 0 spiro atoms. The van der Waals surface area contributed by atoms with Crippen LogP contribution in [0.5, 0.6) is 28.7 Å². The van der Waals surface area contributed by atoms with Gasteiger partial charge in [-0.05, 0) is 89.8 Å². The minimum Gasteiger partial charge on any atom is -0.507 e. The molecular weight excluding hydrogens is 817 g/mol. The molecule has 3 heterocycles. The number of imidazole rings is 1. The fourth-order valence-electron chi connectivity index (χ4n) is 7.60. The molecule has 0 bridgehead atoms. The molecule has 10 aromatic rings. The van der Waals surface area contributed by atoms with Crippen LogP contribution in [0.2, 0.25) is 0 Å². The lowest BCUT2D eigenvalue weighted by Gasteiger charge is -2.18. The smallest absolute Gasteiger partial charge is 0.252 e. The van der Waals surface area contributed by atoms with E-state index in [9.17, 15) is 15.3 Å². The Kier molecular flexibility index (Phi) is 10.2. The van der Waals surface area contributed by atoms with E-state index in [1.165, 1.54) is 12.1 Å². The number of aromatic hydroxyl groups is 3. The van der Waals surface area contributed by atoms with Gasteiger partial charge in [-0.25, -0.2) is 4.98 Å². The molecule has 3 aromatic heterocycles. The second-order valence-corrected chi connectivity index (χ2v) is 16.4. The summed E-state index contributed by atoms with van der Waals surface area (Å²) in [4.78, 5) is 5.17. The Balaban J connectivity index is 0.908. The molecular formula is C53H40N6O6. The van der Waals surface area contributed by atoms with E-state index in [0.29, 0.717) is 28.5 Å². The van der Waals surface area contributed by atoms with Gasteiger partial charge in [-0.3, -0.25) is 4.57 Å². The van der Waals surface area contributed by atoms with Gasteiger partial charge in [0.25, 0.3) is 11.8 Å². The van der Waals surface area contributed by atoms with Gasteiger partial charge >= 0.3 is 0 Å². The number of phenolic OH excluding ortho intramolecular Hbond substituents is 3. The number of aromatic nitrogens is 6. The van der Waals surface area contributed by atoms with E-state index < -0.39 is 0 Å². The number of para-hydroxylation sites is 1. The zero-order valence-electron chi connectivity index (χ0n) is 35.4. The van der Waals surface area contributed by atoms with Crippen LogP contribution in [0.15, 0.2) is 179 Å². The van der Waals surface area contributed by atoms with Crippen molar-refractivity contribution in [1.29, 1.82) is 0 Å². The SMILES string of the molecule is CC(C)(C)c1ccc(-c2nnc(-c3cc(O)c(-c4nnc(-c5cccc(Oc6ccc(-n7c(-c8ccccc8O)nc(-c8ccccc8)c7-c7ccccc7)cc6)c5)o4)cc3O)o2)cc1. The Morgan fingerprint density at radius 1 is 0.462 bits per heavy atom. The number of rotatable bonds is 10. The molecule has 3 N–H and O–H groups in total. The van der Waals surface area contributed by atoms with Crippen molar-refractivity contribution in [3.05, 3.63) is 175 Å². The quantitative estimate of drug-likeness (QED) is 0.112. The largest absolute Gasteiger partial charge is 0.507 e. The monoisotopic (exact) mass is 856 g/mol. The van der Waals surface area contributed by atoms with Gasteiger partial charge in [0.15, 0.2) is 0 Å². The van der Waals surface area contributed by atoms with Gasteiger partial charge in [-0.2, -0.15) is 0 Å². The summed E-state index contributed by atoms with van der Waals surface area (Å²) >= 11 is 0. The van der Waals surface area contributed by atoms with E-state index in [0.717, 1.165) is 39.3 Å². The molecule has 65 heavy (non-hydrogen) atoms. The van der Waals surface area contributed by atoms with Gasteiger partial charge in [0.2, 0.25) is 11.8 Å². The van der Waals surface area contributed by atoms with Crippen molar-refractivity contribution in [2.24, 2.45) is 0 Å². The molecule has 318 valence electrons. The number of hydrogen-bond acceptors (Lipinski definition) is 11. The topological polar surface area (TPSA) is 166 Å². The van der Waals surface area contributed by atoms with Crippen LogP contribution in [0, 0.1) is 0 Å². The standard InChI is InChI=1S/C53H40N6O6/c1-53(2,3)36-23-21-34(22-24-36)49-55-57-51(64-49)41-30-45(62)42(31-44(41)61)52-58-56-50(65-52)35-17-12-18-39(29-35)63-38-27-25-37(26-28-38)59-47(33-15-8-5-9-16-33)46(32-13-6-4-7-14-32)54-48(59)40-19-10-11-20-43(40)60/h4-31,60-62H,1-3H3. The molecule has 0 radical (unpaired) electrons. The molecule has 0 saturated heterocycles. The number of ether oxygens (including phenoxy) is 1. The van der Waals surface area contributed by atoms with E-state index in [4.69, 9.17) is 18.6 Å². The zero-order valence-corrected chi connectivity index (χ0v) is 35.4. The summed E-state index contributed by atoms with van der Waals surface area (Å²) in [6.45, 7) is 6.41. The van der Waals surface area contributed by atoms with Gasteiger partial charge in [0, 0.05) is 27.9 Å². The lowest BCUT2D eigenvalue weighted by atomic mass is 9.87. The third-order valence-corrected chi connectivity index (χ3v) is 11.0. The first-order chi connectivity index (χ1) is 31.6. The van der Waals surface area contributed by atoms with Crippen LogP contribution in [-0.2, 0) is 5.41 Å². The highest BCUT2D eigenvalue weighted by atomic mass is 16.5. The van der Waals surface area contributed by atoms with Crippen molar-refractivity contribution < 1.29 is 28.9 Å². The first kappa shape index (κ1) is 40.3. The third kappa shape index (κ3) is 7.96. The molecule has 12 heteroatoms. The Morgan fingerprint density at radius 2 is 1.02 bits per heavy atom. The van der Waals surface area contributed by atoms with E-state index in [1.54, 1.807) is 30.3 Å². The summed E-state index contributed by atoms with van der Waals surface area (Å²) in [6.07, 6.45) is 0. The predicted octanol–water partition coefficient (Wildman–Crippen LogP) is 12.5. The molecule has 0 atom stereocenters. The Bertz CT molecular complexity index is 3300. The summed E-state index contributed by atoms with van der Waals surface area (Å²) in [5.41, 5.74) is 7.65. The van der Waals surface area contributed by atoms with Crippen molar-refractivity contribution in [2.75, 3.05) is 0 Å². The summed E-state index contributed by atoms with van der Waals surface area (Å²) in [5.74, 6) is 1.78. The normalized spacial score (nSPS) is 11.5. The van der Waals surface area contributed by atoms with Gasteiger partial charge in [-0.1, -0.05) is 112 Å². The van der Waals surface area contributed by atoms with Crippen LogP contribution in [0.1, 0.15) is 26.3 Å². The number of phenols is 3. The first-order valence-electron chi connectivity index (χ1n) is 20.8. The van der Waals surface area contributed by atoms with Crippen molar-refractivity contribution in [3.8, 4) is 114 Å². The number of hydrogen-bond donors (Lipinski definition) is 3. The molecule has 0 aliphatic rings. The molecule has 0 amide bonds. The van der Waals surface area contributed by atoms with Gasteiger partial charge in [0.1, 0.15) is 34.6 Å². The minimum atomic E-state index is -0.238. The van der Waals surface area contributed by atoms with E-state index in [1.807, 2.05) is 115 Å². The van der Waals surface area contributed by atoms with Crippen LogP contribution < -0.4 is 4.74 Å². The van der Waals surface area contributed by atoms with Gasteiger partial charge in [-0.15, -0.1) is 20.4 Å². The highest BCUT2D eigenvalue weighted by Gasteiger charge is 2.25. The minimum absolute atomic E-state index is 0.00946. The third-order valence-electron chi connectivity index (χ3n) is 11.0. The summed E-state index contributed by atoms with van der Waals surface area (Å²) in [6, 6.07) is 52.6. The molecule has 0 unspecified atom stereocenters. The zero-order chi connectivity index (χ0) is 44.7. The molecule has 0 aliphatic heterocycles. The van der Waals surface area contributed by atoms with Crippen molar-refractivity contribution in [2.45, 2.75) is 26.2 Å². The summed E-state index contributed by atoms with van der Waals surface area (Å²) < 4.78 is 20.3. The molecule has 0 aliphatic carbocycles. The van der Waals surface area contributed by atoms with Crippen molar-refractivity contribution >= 4 is 0 Å². The Labute approximate surface area is 373 Å².